The fraction of sp³-hybridized carbons (Fsp3) is 0.346. The van der Waals surface area contributed by atoms with Crippen LogP contribution in [0, 0.1) is 0 Å². The van der Waals surface area contributed by atoms with E-state index in [0.717, 1.165) is 0 Å². The molecule has 7 nitrogen and oxygen atoms in total. The second-order valence-electron chi connectivity index (χ2n) is 10.6. The number of hydrogen-bond donors (Lipinski definition) is 1. The maximum Gasteiger partial charge on any atom is 0.170 e. The molecule has 1 aliphatic rings. The van der Waals surface area contributed by atoms with Crippen molar-refractivity contribution in [2.24, 2.45) is 0 Å². The molecule has 1 N–H and O–H groups in total. The van der Waals surface area contributed by atoms with Gasteiger partial charge in [0.15, 0.2) is 17.0 Å². The fourth-order valence-electron chi connectivity index (χ4n) is 5.30. The molecule has 2 aromatic carbocycles. The minimum absolute atomic E-state index is 0.000129. The zero-order valence-corrected chi connectivity index (χ0v) is 23.7. The highest BCUT2D eigenvalue weighted by Gasteiger charge is 2.46. The van der Waals surface area contributed by atoms with Crippen LogP contribution in [0.15, 0.2) is 42.7 Å². The average molecular weight is 579 g/mol. The highest BCUT2D eigenvalue weighted by Crippen LogP contribution is 2.40. The van der Waals surface area contributed by atoms with Crippen LogP contribution in [0.2, 0.25) is 20.1 Å². The number of nitrogens with zero attached hydrogens (tertiary/aromatic N) is 5. The second kappa shape index (κ2) is 9.56. The average Bonchev–Trinajstić information content (AvgIpc) is 3.17. The van der Waals surface area contributed by atoms with E-state index in [4.69, 9.17) is 51.4 Å². The van der Waals surface area contributed by atoms with Crippen LogP contribution in [0.1, 0.15) is 40.5 Å². The third kappa shape index (κ3) is 4.89. The monoisotopic (exact) mass is 577 g/mol. The van der Waals surface area contributed by atoms with Gasteiger partial charge in [-0.3, -0.25) is 4.57 Å². The summed E-state index contributed by atoms with van der Waals surface area (Å²) in [4.78, 5) is 14.1. The van der Waals surface area contributed by atoms with Crippen LogP contribution in [0.3, 0.4) is 0 Å². The lowest BCUT2D eigenvalue weighted by Gasteiger charge is -2.50. The molecule has 0 spiro atoms. The van der Waals surface area contributed by atoms with Crippen molar-refractivity contribution in [3.8, 4) is 17.1 Å². The number of anilines is 1. The van der Waals surface area contributed by atoms with Gasteiger partial charge in [-0.1, -0.05) is 46.4 Å². The first-order valence-electron chi connectivity index (χ1n) is 11.8. The molecule has 0 aliphatic carbocycles. The molecule has 1 saturated heterocycles. The van der Waals surface area contributed by atoms with Crippen molar-refractivity contribution < 1.29 is 5.21 Å². The number of imidazole rings is 1. The number of nitrogens with one attached hydrogen (secondary N) is 1. The molecule has 3 heterocycles. The van der Waals surface area contributed by atoms with E-state index in [1.54, 1.807) is 24.3 Å². The first kappa shape index (κ1) is 26.5. The van der Waals surface area contributed by atoms with Crippen molar-refractivity contribution in [3.05, 3.63) is 62.8 Å². The topological polar surface area (TPSA) is 78.8 Å². The number of rotatable bonds is 4. The number of fused-ring (bicyclic) bond motifs is 1. The SMILES string of the molecule is CC1(C)CC(Nc2ncnc3c2nc(-c2ccc(Cl)cc2Cl)n3-c2ccc(Cl)cc2Cl)CC(C)(C)N1[O]. The molecular formula is C26H25Cl4N6O. The van der Waals surface area contributed by atoms with Gasteiger partial charge in [-0.05, 0) is 76.9 Å². The minimum Gasteiger partial charge on any atom is -0.365 e. The van der Waals surface area contributed by atoms with Crippen molar-refractivity contribution in [2.45, 2.75) is 57.7 Å². The summed E-state index contributed by atoms with van der Waals surface area (Å²) < 4.78 is 1.84. The maximum atomic E-state index is 12.9. The van der Waals surface area contributed by atoms with Crippen LogP contribution in [0.5, 0.6) is 0 Å². The molecule has 193 valence electrons. The lowest BCUT2D eigenvalue weighted by atomic mass is 9.79. The van der Waals surface area contributed by atoms with E-state index >= 15 is 0 Å². The number of halogens is 4. The molecule has 5 rings (SSSR count). The number of hydrogen-bond acceptors (Lipinski definition) is 5. The number of piperidine rings is 1. The molecule has 37 heavy (non-hydrogen) atoms. The zero-order chi connectivity index (χ0) is 26.7. The molecule has 0 saturated carbocycles. The van der Waals surface area contributed by atoms with E-state index in [9.17, 15) is 5.21 Å². The molecule has 1 aliphatic heterocycles. The van der Waals surface area contributed by atoms with Crippen LogP contribution >= 0.6 is 46.4 Å². The second-order valence-corrected chi connectivity index (χ2v) is 12.2. The Labute approximate surface area is 235 Å². The molecule has 1 radical (unpaired) electrons. The predicted octanol–water partition coefficient (Wildman–Crippen LogP) is 7.88. The standard InChI is InChI=1S/C26H25Cl4N6O/c1-25(2)11-16(12-26(3,4)36(25)37)33-22-21-24(32-13-31-22)35(20-8-6-15(28)10-19(20)30)23(34-21)17-7-5-14(27)9-18(17)29/h5-10,13,16H,11-12H2,1-4H3,(H,31,32,33). The Balaban J connectivity index is 1.68. The van der Waals surface area contributed by atoms with Gasteiger partial charge in [0, 0.05) is 32.7 Å². The minimum atomic E-state index is -0.538. The van der Waals surface area contributed by atoms with Gasteiger partial charge in [0.25, 0.3) is 0 Å². The van der Waals surface area contributed by atoms with Crippen molar-refractivity contribution in [1.29, 1.82) is 0 Å². The van der Waals surface area contributed by atoms with E-state index in [2.05, 4.69) is 15.3 Å². The summed E-state index contributed by atoms with van der Waals surface area (Å²) in [7, 11) is 0. The first-order valence-corrected chi connectivity index (χ1v) is 13.3. The van der Waals surface area contributed by atoms with E-state index in [1.165, 1.54) is 11.4 Å². The Morgan fingerprint density at radius 1 is 0.892 bits per heavy atom. The highest BCUT2D eigenvalue weighted by molar-refractivity contribution is 6.37. The van der Waals surface area contributed by atoms with Crippen molar-refractivity contribution in [1.82, 2.24) is 24.6 Å². The lowest BCUT2D eigenvalue weighted by Crippen LogP contribution is -2.60. The van der Waals surface area contributed by atoms with E-state index in [-0.39, 0.29) is 6.04 Å². The number of hydroxylamine groups is 2. The van der Waals surface area contributed by atoms with Gasteiger partial charge in [-0.25, -0.2) is 15.0 Å². The smallest absolute Gasteiger partial charge is 0.170 e. The Morgan fingerprint density at radius 3 is 2.14 bits per heavy atom. The lowest BCUT2D eigenvalue weighted by molar-refractivity contribution is -0.288. The molecule has 4 aromatic rings. The fourth-order valence-corrected chi connectivity index (χ4v) is 6.28. The third-order valence-corrected chi connectivity index (χ3v) is 7.78. The van der Waals surface area contributed by atoms with Crippen LogP contribution in [0.25, 0.3) is 28.2 Å². The van der Waals surface area contributed by atoms with Gasteiger partial charge in [0.05, 0.1) is 15.7 Å². The van der Waals surface area contributed by atoms with Crippen LogP contribution in [-0.2, 0) is 5.21 Å². The zero-order valence-electron chi connectivity index (χ0n) is 20.7. The Bertz CT molecular complexity index is 1480. The van der Waals surface area contributed by atoms with E-state index < -0.39 is 11.1 Å². The largest absolute Gasteiger partial charge is 0.365 e. The van der Waals surface area contributed by atoms with Gasteiger partial charge >= 0.3 is 0 Å². The first-order chi connectivity index (χ1) is 17.4. The van der Waals surface area contributed by atoms with Crippen molar-refractivity contribution in [2.75, 3.05) is 5.32 Å². The van der Waals surface area contributed by atoms with Gasteiger partial charge in [0.1, 0.15) is 12.2 Å². The van der Waals surface area contributed by atoms with Crippen LogP contribution < -0.4 is 5.32 Å². The van der Waals surface area contributed by atoms with Crippen LogP contribution in [-0.4, -0.2) is 41.7 Å². The summed E-state index contributed by atoms with van der Waals surface area (Å²) in [5.74, 6) is 1.09. The Kier molecular flexibility index (Phi) is 6.84. The van der Waals surface area contributed by atoms with Gasteiger partial charge in [-0.15, -0.1) is 10.3 Å². The molecule has 1 fully saturated rings. The Morgan fingerprint density at radius 2 is 1.51 bits per heavy atom. The molecule has 0 unspecified atom stereocenters. The molecule has 0 bridgehead atoms. The summed E-state index contributed by atoms with van der Waals surface area (Å²) >= 11 is 25.6. The quantitative estimate of drug-likeness (QED) is 0.266. The summed E-state index contributed by atoms with van der Waals surface area (Å²) in [6.45, 7) is 7.85. The van der Waals surface area contributed by atoms with Crippen LogP contribution in [0.4, 0.5) is 5.82 Å². The van der Waals surface area contributed by atoms with Crippen molar-refractivity contribution >= 4 is 63.4 Å². The normalized spacial score (nSPS) is 17.9. The maximum absolute atomic E-state index is 12.9. The van der Waals surface area contributed by atoms with Gasteiger partial charge in [-0.2, -0.15) is 0 Å². The highest BCUT2D eigenvalue weighted by atomic mass is 35.5. The predicted molar refractivity (Wildman–Crippen MR) is 149 cm³/mol. The summed E-state index contributed by atoms with van der Waals surface area (Å²) in [6.07, 6.45) is 2.77. The Hall–Kier alpha value is -2.13. The molecule has 11 heteroatoms. The molecule has 0 atom stereocenters. The molecule has 2 aromatic heterocycles. The summed E-state index contributed by atoms with van der Waals surface area (Å²) in [6, 6.07) is 10.5. The van der Waals surface area contributed by atoms with E-state index in [0.29, 0.717) is 67.0 Å². The third-order valence-electron chi connectivity index (χ3n) is 6.70. The number of benzene rings is 2. The van der Waals surface area contributed by atoms with Crippen molar-refractivity contribution in [3.63, 3.8) is 0 Å². The summed E-state index contributed by atoms with van der Waals surface area (Å²) in [5, 5.41) is 19.5. The van der Waals surface area contributed by atoms with Gasteiger partial charge < -0.3 is 5.32 Å². The molecular weight excluding hydrogens is 554 g/mol. The van der Waals surface area contributed by atoms with Gasteiger partial charge in [0.2, 0.25) is 0 Å². The molecule has 0 amide bonds. The van der Waals surface area contributed by atoms with E-state index in [1.807, 2.05) is 44.4 Å². The summed E-state index contributed by atoms with van der Waals surface area (Å²) in [5.41, 5.74) is 1.31. The number of aromatic nitrogens is 4.